The minimum absolute atomic E-state index is 0.0506. The zero-order valence-corrected chi connectivity index (χ0v) is 19.6. The second kappa shape index (κ2) is 10.2. The summed E-state index contributed by atoms with van der Waals surface area (Å²) in [7, 11) is 0. The van der Waals surface area contributed by atoms with E-state index in [1.807, 2.05) is 0 Å². The van der Waals surface area contributed by atoms with Crippen molar-refractivity contribution in [2.75, 3.05) is 18.1 Å². The molecule has 2 aromatic carbocycles. The number of benzene rings is 2. The van der Waals surface area contributed by atoms with Gasteiger partial charge in [0.1, 0.15) is 5.57 Å². The number of carbonyl (C=O) groups excluding carboxylic acids is 4. The third-order valence-corrected chi connectivity index (χ3v) is 5.25. The number of rotatable bonds is 6. The van der Waals surface area contributed by atoms with Crippen LogP contribution in [-0.2, 0) is 19.1 Å². The molecular formula is C21H15BrCl2N2O6. The van der Waals surface area contributed by atoms with Crippen LogP contribution >= 0.6 is 39.1 Å². The lowest BCUT2D eigenvalue weighted by Crippen LogP contribution is -2.54. The number of hydrogen-bond donors (Lipinski definition) is 1. The van der Waals surface area contributed by atoms with Gasteiger partial charge in [0.05, 0.1) is 22.3 Å². The molecule has 11 heteroatoms. The number of barbiturate groups is 1. The average molecular weight is 542 g/mol. The highest BCUT2D eigenvalue weighted by Crippen LogP contribution is 2.35. The SMILES string of the molecule is CCOC(=O)COc1c(Cl)cc(C=C2C(=O)NC(=O)N(c3ccc(Br)cc3)C2=O)cc1Cl. The second-order valence-corrected chi connectivity index (χ2v) is 8.07. The molecule has 0 radical (unpaired) electrons. The Morgan fingerprint density at radius 3 is 2.34 bits per heavy atom. The van der Waals surface area contributed by atoms with E-state index in [9.17, 15) is 19.2 Å². The first kappa shape index (κ1) is 23.8. The zero-order valence-electron chi connectivity index (χ0n) is 16.5. The number of anilines is 1. The molecule has 0 bridgehead atoms. The average Bonchev–Trinajstić information content (AvgIpc) is 2.72. The van der Waals surface area contributed by atoms with Gasteiger partial charge in [0.2, 0.25) is 0 Å². The van der Waals surface area contributed by atoms with Crippen molar-refractivity contribution in [1.82, 2.24) is 5.32 Å². The zero-order chi connectivity index (χ0) is 23.4. The number of imide groups is 2. The molecule has 32 heavy (non-hydrogen) atoms. The molecule has 166 valence electrons. The molecule has 1 aliphatic rings. The number of carbonyl (C=O) groups is 4. The Morgan fingerprint density at radius 1 is 1.12 bits per heavy atom. The van der Waals surface area contributed by atoms with Crippen molar-refractivity contribution in [3.05, 3.63) is 62.1 Å². The third-order valence-electron chi connectivity index (χ3n) is 4.16. The molecule has 1 fully saturated rings. The van der Waals surface area contributed by atoms with E-state index >= 15 is 0 Å². The Balaban J connectivity index is 1.89. The number of esters is 1. The molecule has 0 unspecified atom stereocenters. The molecule has 3 rings (SSSR count). The molecule has 4 amide bonds. The van der Waals surface area contributed by atoms with Gasteiger partial charge < -0.3 is 9.47 Å². The maximum Gasteiger partial charge on any atom is 0.344 e. The summed E-state index contributed by atoms with van der Waals surface area (Å²) in [5, 5.41) is 2.24. The Bertz CT molecular complexity index is 1110. The number of nitrogens with one attached hydrogen (secondary N) is 1. The molecule has 1 heterocycles. The van der Waals surface area contributed by atoms with Crippen LogP contribution in [0.3, 0.4) is 0 Å². The smallest absolute Gasteiger partial charge is 0.344 e. The van der Waals surface area contributed by atoms with Crippen LogP contribution in [-0.4, -0.2) is 37.0 Å². The third kappa shape index (κ3) is 5.29. The molecule has 0 aliphatic carbocycles. The number of amides is 4. The molecule has 1 aliphatic heterocycles. The van der Waals surface area contributed by atoms with Gasteiger partial charge in [0.25, 0.3) is 11.8 Å². The summed E-state index contributed by atoms with van der Waals surface area (Å²) in [5.74, 6) is -2.21. The fourth-order valence-electron chi connectivity index (χ4n) is 2.78. The quantitative estimate of drug-likeness (QED) is 0.331. The normalized spacial score (nSPS) is 15.1. The highest BCUT2D eigenvalue weighted by Gasteiger charge is 2.36. The lowest BCUT2D eigenvalue weighted by molar-refractivity contribution is -0.145. The summed E-state index contributed by atoms with van der Waals surface area (Å²) in [4.78, 5) is 49.8. The summed E-state index contributed by atoms with van der Waals surface area (Å²) in [6.07, 6.45) is 1.25. The largest absolute Gasteiger partial charge is 0.479 e. The van der Waals surface area contributed by atoms with Gasteiger partial charge in [0.15, 0.2) is 12.4 Å². The summed E-state index contributed by atoms with van der Waals surface area (Å²) in [6, 6.07) is 8.37. The highest BCUT2D eigenvalue weighted by molar-refractivity contribution is 9.10. The summed E-state index contributed by atoms with van der Waals surface area (Å²) >= 11 is 15.7. The van der Waals surface area contributed by atoms with Crippen molar-refractivity contribution in [3.8, 4) is 5.75 Å². The summed E-state index contributed by atoms with van der Waals surface area (Å²) in [5.41, 5.74) is 0.305. The van der Waals surface area contributed by atoms with Crippen molar-refractivity contribution in [2.24, 2.45) is 0 Å². The Hall–Kier alpha value is -2.88. The van der Waals surface area contributed by atoms with Crippen molar-refractivity contribution in [2.45, 2.75) is 6.92 Å². The van der Waals surface area contributed by atoms with Gasteiger partial charge >= 0.3 is 12.0 Å². The predicted molar refractivity (Wildman–Crippen MR) is 122 cm³/mol. The van der Waals surface area contributed by atoms with Crippen LogP contribution < -0.4 is 15.0 Å². The standard InChI is InChI=1S/C21H15BrCl2N2O6/c1-2-31-17(27)10-32-18-15(23)8-11(9-16(18)24)7-14-19(28)25-21(30)26(20(14)29)13-5-3-12(22)4-6-13/h3-9H,2,10H2,1H3,(H,25,28,30). The minimum atomic E-state index is -0.863. The Kier molecular flexibility index (Phi) is 7.55. The van der Waals surface area contributed by atoms with Crippen molar-refractivity contribution in [1.29, 1.82) is 0 Å². The highest BCUT2D eigenvalue weighted by atomic mass is 79.9. The van der Waals surface area contributed by atoms with Crippen molar-refractivity contribution < 1.29 is 28.7 Å². The minimum Gasteiger partial charge on any atom is -0.479 e. The van der Waals surface area contributed by atoms with Gasteiger partial charge in [-0.3, -0.25) is 14.9 Å². The van der Waals surface area contributed by atoms with Crippen LogP contribution in [0.15, 0.2) is 46.4 Å². The van der Waals surface area contributed by atoms with Gasteiger partial charge in [-0.05, 0) is 55.0 Å². The maximum atomic E-state index is 12.9. The van der Waals surface area contributed by atoms with Gasteiger partial charge in [0, 0.05) is 4.47 Å². The molecule has 1 N–H and O–H groups in total. The fraction of sp³-hybridized carbons (Fsp3) is 0.143. The number of halogens is 3. The first-order valence-electron chi connectivity index (χ1n) is 9.15. The van der Waals surface area contributed by atoms with Gasteiger partial charge in [-0.1, -0.05) is 39.1 Å². The topological polar surface area (TPSA) is 102 Å². The van der Waals surface area contributed by atoms with Crippen LogP contribution in [0.1, 0.15) is 12.5 Å². The number of hydrogen-bond acceptors (Lipinski definition) is 6. The van der Waals surface area contributed by atoms with E-state index < -0.39 is 30.4 Å². The van der Waals surface area contributed by atoms with E-state index in [0.717, 1.165) is 9.37 Å². The van der Waals surface area contributed by atoms with E-state index in [1.54, 1.807) is 31.2 Å². The van der Waals surface area contributed by atoms with Gasteiger partial charge in [-0.15, -0.1) is 0 Å². The first-order valence-corrected chi connectivity index (χ1v) is 10.7. The molecule has 0 atom stereocenters. The maximum absolute atomic E-state index is 12.9. The molecule has 1 saturated heterocycles. The first-order chi connectivity index (χ1) is 15.2. The monoisotopic (exact) mass is 540 g/mol. The number of urea groups is 1. The van der Waals surface area contributed by atoms with Gasteiger partial charge in [-0.2, -0.15) is 0 Å². The van der Waals surface area contributed by atoms with Crippen LogP contribution in [0.25, 0.3) is 6.08 Å². The number of nitrogens with zero attached hydrogens (tertiary/aromatic N) is 1. The van der Waals surface area contributed by atoms with Crippen LogP contribution in [0.2, 0.25) is 10.0 Å². The molecule has 8 nitrogen and oxygen atoms in total. The molecule has 0 aromatic heterocycles. The lowest BCUT2D eigenvalue weighted by atomic mass is 10.1. The summed E-state index contributed by atoms with van der Waals surface area (Å²) < 4.78 is 10.8. The molecule has 0 saturated carbocycles. The molecular weight excluding hydrogens is 527 g/mol. The van der Waals surface area contributed by atoms with E-state index in [2.05, 4.69) is 21.2 Å². The van der Waals surface area contributed by atoms with Gasteiger partial charge in [-0.25, -0.2) is 14.5 Å². The van der Waals surface area contributed by atoms with Crippen molar-refractivity contribution >= 4 is 74.7 Å². The lowest BCUT2D eigenvalue weighted by Gasteiger charge is -2.26. The molecule has 2 aromatic rings. The van der Waals surface area contributed by atoms with Crippen LogP contribution in [0, 0.1) is 0 Å². The van der Waals surface area contributed by atoms with E-state index in [-0.39, 0.29) is 33.7 Å². The second-order valence-electron chi connectivity index (χ2n) is 6.34. The van der Waals surface area contributed by atoms with Crippen LogP contribution in [0.4, 0.5) is 10.5 Å². The van der Waals surface area contributed by atoms with Crippen LogP contribution in [0.5, 0.6) is 5.75 Å². The summed E-state index contributed by atoms with van der Waals surface area (Å²) in [6.45, 7) is 1.47. The predicted octanol–water partition coefficient (Wildman–Crippen LogP) is 4.36. The molecule has 0 spiro atoms. The van der Waals surface area contributed by atoms with E-state index in [1.165, 1.54) is 18.2 Å². The Labute approximate surface area is 201 Å². The fourth-order valence-corrected chi connectivity index (χ4v) is 3.66. The van der Waals surface area contributed by atoms with E-state index in [0.29, 0.717) is 5.56 Å². The number of ether oxygens (including phenoxy) is 2. The van der Waals surface area contributed by atoms with Crippen molar-refractivity contribution in [3.63, 3.8) is 0 Å². The van der Waals surface area contributed by atoms with E-state index in [4.69, 9.17) is 32.7 Å². The Morgan fingerprint density at radius 2 is 1.75 bits per heavy atom.